The van der Waals surface area contributed by atoms with Gasteiger partial charge in [-0.05, 0) is 89.9 Å². The number of carbonyl (C=O) groups excluding carboxylic acids is 2. The standard InChI is InChI=1S/C46H78NO10P/c1-6-8-10-12-14-16-18-20-21-22-24-26-28-30-32-36-46(51)57-42(41-56-58(52,53)55-39-38-47(3,4)5)40-54-45(50)37-33-35-44(49)43(48)34-31-29-27-25-23-19-17-15-13-11-9-7-2/h9,11,14-17,20-21,23-26,29,31,42-44,48-49H,6-8,10,12-13,18-19,22,27-28,30,32-41H2,1-5H3/p+1/b11-9-,16-14-,17-15-,21-20-,25-23-,26-24-,31-29-/t42-,43+,44+/m1/s1. The lowest BCUT2D eigenvalue weighted by Crippen LogP contribution is -2.37. The van der Waals surface area contributed by atoms with Crippen molar-refractivity contribution < 1.29 is 52.3 Å². The topological polar surface area (TPSA) is 149 Å². The van der Waals surface area contributed by atoms with Gasteiger partial charge in [-0.25, -0.2) is 4.57 Å². The molecule has 0 aliphatic heterocycles. The van der Waals surface area contributed by atoms with Crippen LogP contribution in [0.1, 0.15) is 129 Å². The third-order valence-corrected chi connectivity index (χ3v) is 9.59. The Bertz CT molecular complexity index is 1300. The van der Waals surface area contributed by atoms with Crippen molar-refractivity contribution in [2.24, 2.45) is 0 Å². The number of phosphoric acid groups is 1. The molecule has 0 saturated heterocycles. The molecule has 0 spiro atoms. The molecule has 0 bridgehead atoms. The Morgan fingerprint density at radius 3 is 1.69 bits per heavy atom. The van der Waals surface area contributed by atoms with E-state index in [2.05, 4.69) is 86.8 Å². The number of phosphoric ester groups is 1. The predicted molar refractivity (Wildman–Crippen MR) is 236 cm³/mol. The molecule has 4 atom stereocenters. The summed E-state index contributed by atoms with van der Waals surface area (Å²) >= 11 is 0. The largest absolute Gasteiger partial charge is 0.472 e. The van der Waals surface area contributed by atoms with Gasteiger partial charge in [0.15, 0.2) is 6.10 Å². The first-order valence-corrected chi connectivity index (χ1v) is 23.0. The molecule has 0 radical (unpaired) electrons. The van der Waals surface area contributed by atoms with Gasteiger partial charge in [-0.2, -0.15) is 0 Å². The molecule has 11 nitrogen and oxygen atoms in total. The van der Waals surface area contributed by atoms with Crippen LogP contribution < -0.4 is 0 Å². The number of nitrogens with zero attached hydrogens (tertiary/aromatic N) is 1. The highest BCUT2D eigenvalue weighted by Gasteiger charge is 2.27. The summed E-state index contributed by atoms with van der Waals surface area (Å²) in [7, 11) is 1.28. The van der Waals surface area contributed by atoms with Crippen LogP contribution in [0.4, 0.5) is 0 Å². The van der Waals surface area contributed by atoms with Crippen LogP contribution in [0.2, 0.25) is 0 Å². The molecule has 0 fully saturated rings. The van der Waals surface area contributed by atoms with Crippen molar-refractivity contribution in [3.8, 4) is 0 Å². The normalized spacial score (nSPS) is 15.5. The number of hydrogen-bond acceptors (Lipinski definition) is 9. The van der Waals surface area contributed by atoms with Crippen LogP contribution >= 0.6 is 7.82 Å². The van der Waals surface area contributed by atoms with Crippen molar-refractivity contribution in [2.75, 3.05) is 47.5 Å². The van der Waals surface area contributed by atoms with Crippen LogP contribution in [-0.2, 0) is 32.7 Å². The summed E-state index contributed by atoms with van der Waals surface area (Å²) in [5.74, 6) is -1.14. The summed E-state index contributed by atoms with van der Waals surface area (Å²) in [6.45, 7) is 3.86. The lowest BCUT2D eigenvalue weighted by atomic mass is 10.0. The highest BCUT2D eigenvalue weighted by molar-refractivity contribution is 7.47. The van der Waals surface area contributed by atoms with Crippen molar-refractivity contribution in [1.82, 2.24) is 0 Å². The average molecular weight is 837 g/mol. The molecule has 0 rings (SSSR count). The van der Waals surface area contributed by atoms with E-state index in [4.69, 9.17) is 18.5 Å². The molecule has 0 amide bonds. The summed E-state index contributed by atoms with van der Waals surface area (Å²) < 4.78 is 34.0. The first-order chi connectivity index (χ1) is 27.8. The van der Waals surface area contributed by atoms with Gasteiger partial charge in [-0.15, -0.1) is 0 Å². The van der Waals surface area contributed by atoms with E-state index in [1.54, 1.807) is 0 Å². The Balaban J connectivity index is 4.70. The second kappa shape index (κ2) is 37.1. The van der Waals surface area contributed by atoms with Gasteiger partial charge in [0.25, 0.3) is 0 Å². The van der Waals surface area contributed by atoms with Crippen LogP contribution in [0.25, 0.3) is 0 Å². The van der Waals surface area contributed by atoms with Crippen LogP contribution in [0.5, 0.6) is 0 Å². The fraction of sp³-hybridized carbons (Fsp3) is 0.652. The predicted octanol–water partition coefficient (Wildman–Crippen LogP) is 9.96. The molecule has 1 unspecified atom stereocenters. The SMILES string of the molecule is CC/C=C\C/C=C\C/C=C\C/C=C\C[C@H](O)[C@@H](O)CCCC(=O)OC[C@H](COP(=O)(O)OCC[N+](C)(C)C)OC(=O)CCCC/C=C\C/C=C\C/C=C\CCCCC. The first-order valence-electron chi connectivity index (χ1n) is 21.5. The zero-order valence-corrected chi connectivity index (χ0v) is 37.4. The zero-order valence-electron chi connectivity index (χ0n) is 36.5. The third kappa shape index (κ3) is 38.6. The van der Waals surface area contributed by atoms with Gasteiger partial charge < -0.3 is 29.1 Å². The summed E-state index contributed by atoms with van der Waals surface area (Å²) in [6, 6.07) is 0. The van der Waals surface area contributed by atoms with E-state index in [0.717, 1.165) is 57.8 Å². The van der Waals surface area contributed by atoms with Crippen molar-refractivity contribution in [3.63, 3.8) is 0 Å². The molecule has 0 aromatic carbocycles. The van der Waals surface area contributed by atoms with Crippen molar-refractivity contribution in [3.05, 3.63) is 85.1 Å². The summed E-state index contributed by atoms with van der Waals surface area (Å²) in [4.78, 5) is 35.4. The lowest BCUT2D eigenvalue weighted by Gasteiger charge is -2.24. The Kier molecular flexibility index (Phi) is 35.3. The fourth-order valence-electron chi connectivity index (χ4n) is 5.11. The number of aliphatic hydroxyl groups excluding tert-OH is 2. The molecule has 332 valence electrons. The van der Waals surface area contributed by atoms with Gasteiger partial charge in [-0.1, -0.05) is 112 Å². The molecule has 0 saturated carbocycles. The van der Waals surface area contributed by atoms with Crippen LogP contribution in [0, 0.1) is 0 Å². The van der Waals surface area contributed by atoms with Crippen molar-refractivity contribution in [2.45, 2.75) is 148 Å². The number of allylic oxidation sites excluding steroid dienone is 13. The number of ether oxygens (including phenoxy) is 2. The number of unbranched alkanes of at least 4 members (excludes halogenated alkanes) is 5. The monoisotopic (exact) mass is 837 g/mol. The van der Waals surface area contributed by atoms with Gasteiger partial charge >= 0.3 is 19.8 Å². The van der Waals surface area contributed by atoms with Gasteiger partial charge in [0.2, 0.25) is 0 Å². The Labute approximate surface area is 351 Å². The summed E-state index contributed by atoms with van der Waals surface area (Å²) in [5, 5.41) is 20.7. The summed E-state index contributed by atoms with van der Waals surface area (Å²) in [6.07, 6.45) is 39.6. The lowest BCUT2D eigenvalue weighted by molar-refractivity contribution is -0.870. The molecule has 12 heteroatoms. The number of carbonyl (C=O) groups is 2. The van der Waals surface area contributed by atoms with Gasteiger partial charge in [0.1, 0.15) is 19.8 Å². The van der Waals surface area contributed by atoms with E-state index in [1.165, 1.54) is 19.3 Å². The van der Waals surface area contributed by atoms with Gasteiger partial charge in [-0.3, -0.25) is 18.6 Å². The van der Waals surface area contributed by atoms with E-state index < -0.39 is 44.7 Å². The highest BCUT2D eigenvalue weighted by Crippen LogP contribution is 2.43. The van der Waals surface area contributed by atoms with Gasteiger partial charge in [0, 0.05) is 12.8 Å². The second-order valence-electron chi connectivity index (χ2n) is 15.3. The zero-order chi connectivity index (χ0) is 43.2. The maximum Gasteiger partial charge on any atom is 0.472 e. The first kappa shape index (κ1) is 55.1. The number of aliphatic hydroxyl groups is 2. The number of esters is 2. The van der Waals surface area contributed by atoms with Crippen molar-refractivity contribution in [1.29, 1.82) is 0 Å². The Morgan fingerprint density at radius 2 is 1.14 bits per heavy atom. The van der Waals surface area contributed by atoms with E-state index in [0.29, 0.717) is 17.4 Å². The Morgan fingerprint density at radius 1 is 0.621 bits per heavy atom. The van der Waals surface area contributed by atoms with Crippen molar-refractivity contribution >= 4 is 19.8 Å². The number of hydrogen-bond donors (Lipinski definition) is 3. The summed E-state index contributed by atoms with van der Waals surface area (Å²) in [5.41, 5.74) is 0. The average Bonchev–Trinajstić information content (AvgIpc) is 3.17. The minimum atomic E-state index is -4.46. The molecule has 0 aromatic heterocycles. The van der Waals surface area contributed by atoms with E-state index in [1.807, 2.05) is 33.3 Å². The number of likely N-dealkylation sites (N-methyl/N-ethyl adjacent to an activating group) is 1. The third-order valence-electron chi connectivity index (χ3n) is 8.61. The quantitative estimate of drug-likeness (QED) is 0.0182. The van der Waals surface area contributed by atoms with Gasteiger partial charge in [0.05, 0.1) is 40.0 Å². The fourth-order valence-corrected chi connectivity index (χ4v) is 5.85. The maximum atomic E-state index is 12.7. The number of quaternary nitrogens is 1. The molecule has 0 aromatic rings. The molecule has 58 heavy (non-hydrogen) atoms. The minimum Gasteiger partial charge on any atom is -0.462 e. The molecule has 3 N–H and O–H groups in total. The van der Waals surface area contributed by atoms with E-state index in [9.17, 15) is 29.3 Å². The van der Waals surface area contributed by atoms with Crippen LogP contribution in [0.15, 0.2) is 85.1 Å². The van der Waals surface area contributed by atoms with Crippen LogP contribution in [0.3, 0.4) is 0 Å². The number of rotatable bonds is 37. The smallest absolute Gasteiger partial charge is 0.462 e. The maximum absolute atomic E-state index is 12.7. The molecular weight excluding hydrogens is 757 g/mol. The van der Waals surface area contributed by atoms with E-state index >= 15 is 0 Å². The molecule has 0 aliphatic carbocycles. The molecular formula is C46H79NO10P+. The van der Waals surface area contributed by atoms with E-state index in [-0.39, 0.29) is 45.3 Å². The van der Waals surface area contributed by atoms with Crippen LogP contribution in [-0.4, -0.2) is 97.3 Å². The Hall–Kier alpha value is -2.89. The second-order valence-corrected chi connectivity index (χ2v) is 16.8. The molecule has 0 aliphatic rings. The minimum absolute atomic E-state index is 0.0258. The highest BCUT2D eigenvalue weighted by atomic mass is 31.2. The molecule has 0 heterocycles.